The van der Waals surface area contributed by atoms with Gasteiger partial charge >= 0.3 is 11.9 Å². The number of rotatable bonds is 6. The molecule has 186 valence electrons. The third-order valence-electron chi connectivity index (χ3n) is 7.44. The number of cyclic esters (lactones) is 2. The van der Waals surface area contributed by atoms with Gasteiger partial charge in [-0.1, -0.05) is 18.2 Å². The van der Waals surface area contributed by atoms with E-state index in [-0.39, 0.29) is 24.6 Å². The van der Waals surface area contributed by atoms with E-state index in [4.69, 9.17) is 9.47 Å². The minimum Gasteiger partial charge on any atom is -0.459 e. The molecule has 0 saturated carbocycles. The number of esters is 2. The zero-order valence-corrected chi connectivity index (χ0v) is 20.2. The topological polar surface area (TPSA) is 99.5 Å². The van der Waals surface area contributed by atoms with Crippen LogP contribution in [0.15, 0.2) is 30.3 Å². The number of ether oxygens (including phenoxy) is 2. The molecule has 1 saturated heterocycles. The lowest BCUT2D eigenvalue weighted by Gasteiger charge is -2.36. The first kappa shape index (κ1) is 23.9. The molecule has 0 bridgehead atoms. The van der Waals surface area contributed by atoms with Gasteiger partial charge in [0.2, 0.25) is 0 Å². The molecule has 2 N–H and O–H groups in total. The maximum atomic E-state index is 12.0. The molecule has 2 aromatic carbocycles. The van der Waals surface area contributed by atoms with Crippen LogP contribution in [-0.4, -0.2) is 77.3 Å². The van der Waals surface area contributed by atoms with Gasteiger partial charge in [0.15, 0.2) is 0 Å². The highest BCUT2D eigenvalue weighted by molar-refractivity contribution is 5.94. The molecule has 35 heavy (non-hydrogen) atoms. The van der Waals surface area contributed by atoms with Crippen molar-refractivity contribution in [3.8, 4) is 0 Å². The van der Waals surface area contributed by atoms with Crippen molar-refractivity contribution in [2.24, 2.45) is 0 Å². The molecule has 0 radical (unpaired) electrons. The first-order valence-corrected chi connectivity index (χ1v) is 12.2. The van der Waals surface area contributed by atoms with E-state index in [2.05, 4.69) is 9.80 Å². The Balaban J connectivity index is 1.15. The number of hydrogen-bond acceptors (Lipinski definition) is 8. The first-order chi connectivity index (χ1) is 16.8. The summed E-state index contributed by atoms with van der Waals surface area (Å²) < 4.78 is 10.4. The van der Waals surface area contributed by atoms with Crippen LogP contribution in [0, 0.1) is 6.92 Å². The summed E-state index contributed by atoms with van der Waals surface area (Å²) in [5.74, 6) is -0.593. The Labute approximate surface area is 205 Å². The number of aliphatic hydroxyl groups is 2. The molecule has 3 aliphatic rings. The van der Waals surface area contributed by atoms with E-state index in [0.29, 0.717) is 30.6 Å². The van der Waals surface area contributed by atoms with Crippen molar-refractivity contribution in [3.05, 3.63) is 69.3 Å². The maximum absolute atomic E-state index is 12.0. The van der Waals surface area contributed by atoms with Crippen LogP contribution in [0.3, 0.4) is 0 Å². The summed E-state index contributed by atoms with van der Waals surface area (Å²) in [6.45, 7) is 8.30. The summed E-state index contributed by atoms with van der Waals surface area (Å²) in [5, 5.41) is 21.7. The molecule has 0 amide bonds. The predicted molar refractivity (Wildman–Crippen MR) is 128 cm³/mol. The predicted octanol–water partition coefficient (Wildman–Crippen LogP) is 2.15. The van der Waals surface area contributed by atoms with Gasteiger partial charge in [0.05, 0.1) is 23.3 Å². The Morgan fingerprint density at radius 2 is 1.60 bits per heavy atom. The lowest BCUT2D eigenvalue weighted by molar-refractivity contribution is 0.0299. The standard InChI is InChI=1S/C27H32N2O6/c1-16-11-19-12-18(3-4-21(19)27(33)35-16)24(30)13-28-7-9-29(10-8-28)14-25(31)20-5-6-22-23(17(20)2)15-34-26(22)32/h3-6,12,16,24-25,30-31H,7-11,13-15H2,1-2H3/t16-,24?,25-/m0/s1. The van der Waals surface area contributed by atoms with Crippen molar-refractivity contribution < 1.29 is 29.3 Å². The first-order valence-electron chi connectivity index (χ1n) is 12.2. The number of β-amino-alcohol motifs (C(OH)–C–C–N with tert-alkyl or cyclic N) is 2. The number of hydrogen-bond donors (Lipinski definition) is 2. The highest BCUT2D eigenvalue weighted by Crippen LogP contribution is 2.30. The highest BCUT2D eigenvalue weighted by Gasteiger charge is 2.28. The molecule has 0 aromatic heterocycles. The van der Waals surface area contributed by atoms with E-state index in [1.807, 2.05) is 32.0 Å². The average Bonchev–Trinajstić information content (AvgIpc) is 3.21. The second-order valence-electron chi connectivity index (χ2n) is 9.85. The number of carbonyl (C=O) groups is 2. The minimum atomic E-state index is -0.641. The fourth-order valence-electron chi connectivity index (χ4n) is 5.36. The van der Waals surface area contributed by atoms with Crippen LogP contribution in [0.2, 0.25) is 0 Å². The smallest absolute Gasteiger partial charge is 0.338 e. The lowest BCUT2D eigenvalue weighted by atomic mass is 9.95. The van der Waals surface area contributed by atoms with Gasteiger partial charge in [-0.05, 0) is 48.2 Å². The van der Waals surface area contributed by atoms with Crippen molar-refractivity contribution in [1.29, 1.82) is 0 Å². The second-order valence-corrected chi connectivity index (χ2v) is 9.85. The van der Waals surface area contributed by atoms with Gasteiger partial charge in [0.1, 0.15) is 12.7 Å². The van der Waals surface area contributed by atoms with E-state index < -0.39 is 12.2 Å². The second kappa shape index (κ2) is 9.70. The molecule has 1 unspecified atom stereocenters. The van der Waals surface area contributed by atoms with E-state index in [1.54, 1.807) is 12.1 Å². The number of fused-ring (bicyclic) bond motifs is 2. The van der Waals surface area contributed by atoms with Crippen molar-refractivity contribution >= 4 is 11.9 Å². The fraction of sp³-hybridized carbons (Fsp3) is 0.481. The zero-order valence-electron chi connectivity index (χ0n) is 20.2. The summed E-state index contributed by atoms with van der Waals surface area (Å²) in [4.78, 5) is 28.3. The van der Waals surface area contributed by atoms with Crippen molar-refractivity contribution in [1.82, 2.24) is 9.80 Å². The van der Waals surface area contributed by atoms with Gasteiger partial charge in [-0.15, -0.1) is 0 Å². The summed E-state index contributed by atoms with van der Waals surface area (Å²) in [6, 6.07) is 9.08. The van der Waals surface area contributed by atoms with E-state index >= 15 is 0 Å². The molecular formula is C27H32N2O6. The molecule has 5 rings (SSSR count). The summed E-state index contributed by atoms with van der Waals surface area (Å²) >= 11 is 0. The monoisotopic (exact) mass is 480 g/mol. The minimum absolute atomic E-state index is 0.151. The van der Waals surface area contributed by atoms with Crippen molar-refractivity contribution in [2.75, 3.05) is 39.3 Å². The molecule has 3 heterocycles. The Morgan fingerprint density at radius 3 is 2.31 bits per heavy atom. The van der Waals surface area contributed by atoms with Gasteiger partial charge < -0.3 is 19.7 Å². The summed E-state index contributed by atoms with van der Waals surface area (Å²) in [5.41, 5.74) is 5.57. The number of nitrogens with zero attached hydrogens (tertiary/aromatic N) is 2. The van der Waals surface area contributed by atoms with Gasteiger partial charge in [0, 0.05) is 51.3 Å². The zero-order chi connectivity index (χ0) is 24.7. The third kappa shape index (κ3) is 4.84. The molecule has 3 atom stereocenters. The SMILES string of the molecule is Cc1c([C@@H](O)CN2CCN(CC(O)c3ccc4c(c3)C[C@H](C)OC4=O)CC2)ccc2c1COC2=O. The van der Waals surface area contributed by atoms with Crippen LogP contribution in [-0.2, 0) is 22.5 Å². The third-order valence-corrected chi connectivity index (χ3v) is 7.44. The molecule has 8 nitrogen and oxygen atoms in total. The van der Waals surface area contributed by atoms with Gasteiger partial charge in [0.25, 0.3) is 0 Å². The van der Waals surface area contributed by atoms with Crippen LogP contribution < -0.4 is 0 Å². The Kier molecular flexibility index (Phi) is 6.63. The van der Waals surface area contributed by atoms with E-state index in [0.717, 1.165) is 54.0 Å². The normalized spacial score (nSPS) is 22.2. The Morgan fingerprint density at radius 1 is 0.943 bits per heavy atom. The quantitative estimate of drug-likeness (QED) is 0.607. The summed E-state index contributed by atoms with van der Waals surface area (Å²) in [6.07, 6.45) is -0.764. The highest BCUT2D eigenvalue weighted by atomic mass is 16.5. The molecule has 8 heteroatoms. The molecule has 0 aliphatic carbocycles. The van der Waals surface area contributed by atoms with E-state index in [9.17, 15) is 19.8 Å². The molecule has 0 spiro atoms. The number of carbonyl (C=O) groups excluding carboxylic acids is 2. The van der Waals surface area contributed by atoms with Crippen molar-refractivity contribution in [2.45, 2.75) is 45.2 Å². The van der Waals surface area contributed by atoms with Gasteiger partial charge in [-0.25, -0.2) is 9.59 Å². The number of piperazine rings is 1. The van der Waals surface area contributed by atoms with Crippen LogP contribution in [0.25, 0.3) is 0 Å². The fourth-order valence-corrected chi connectivity index (χ4v) is 5.36. The molecular weight excluding hydrogens is 448 g/mol. The lowest BCUT2D eigenvalue weighted by Crippen LogP contribution is -2.48. The molecule has 3 aliphatic heterocycles. The maximum Gasteiger partial charge on any atom is 0.338 e. The molecule has 1 fully saturated rings. The Hall–Kier alpha value is -2.78. The molecule has 2 aromatic rings. The largest absolute Gasteiger partial charge is 0.459 e. The van der Waals surface area contributed by atoms with Gasteiger partial charge in [-0.2, -0.15) is 0 Å². The van der Waals surface area contributed by atoms with Crippen LogP contribution in [0.1, 0.15) is 67.7 Å². The Bertz CT molecular complexity index is 1140. The number of benzene rings is 2. The van der Waals surface area contributed by atoms with Crippen LogP contribution in [0.5, 0.6) is 0 Å². The van der Waals surface area contributed by atoms with Gasteiger partial charge in [-0.3, -0.25) is 9.80 Å². The number of aliphatic hydroxyl groups excluding tert-OH is 2. The van der Waals surface area contributed by atoms with Crippen LogP contribution >= 0.6 is 0 Å². The average molecular weight is 481 g/mol. The van der Waals surface area contributed by atoms with Crippen molar-refractivity contribution in [3.63, 3.8) is 0 Å². The summed E-state index contributed by atoms with van der Waals surface area (Å²) in [7, 11) is 0. The van der Waals surface area contributed by atoms with Crippen LogP contribution in [0.4, 0.5) is 0 Å². The van der Waals surface area contributed by atoms with E-state index in [1.165, 1.54) is 0 Å².